The van der Waals surface area contributed by atoms with Crippen molar-refractivity contribution in [3.63, 3.8) is 0 Å². The molecule has 0 radical (unpaired) electrons. The van der Waals surface area contributed by atoms with E-state index in [2.05, 4.69) is 22.6 Å². The van der Waals surface area contributed by atoms with Gasteiger partial charge in [-0.3, -0.25) is 0 Å². The second-order valence-corrected chi connectivity index (χ2v) is 3.96. The summed E-state index contributed by atoms with van der Waals surface area (Å²) >= 11 is 2.28. The molecule has 0 saturated carbocycles. The Morgan fingerprint density at radius 3 is 2.25 bits per heavy atom. The summed E-state index contributed by atoms with van der Waals surface area (Å²) in [6, 6.07) is 0. The van der Waals surface area contributed by atoms with Crippen molar-refractivity contribution in [1.82, 2.24) is 4.90 Å². The molecule has 0 amide bonds. The maximum absolute atomic E-state index is 2.62. The normalized spacial score (nSPS) is 18.8. The molecule has 0 aliphatic carbocycles. The van der Waals surface area contributed by atoms with Crippen molar-refractivity contribution in [1.29, 1.82) is 0 Å². The Morgan fingerprint density at radius 2 is 1.58 bits per heavy atom. The van der Waals surface area contributed by atoms with Crippen LogP contribution in [0.5, 0.6) is 0 Å². The van der Waals surface area contributed by atoms with Crippen molar-refractivity contribution in [3.8, 4) is 0 Å². The molecule has 0 unspecified atom stereocenters. The van der Waals surface area contributed by atoms with Gasteiger partial charge in [-0.15, -0.1) is 0 Å². The summed E-state index contributed by atoms with van der Waals surface area (Å²) in [5, 5.41) is 1.36. The van der Waals surface area contributed by atoms with E-state index in [0.717, 1.165) is 0 Å². The zero-order valence-electron chi connectivity index (χ0n) is 8.52. The van der Waals surface area contributed by atoms with Gasteiger partial charge in [-0.05, 0) is 0 Å². The summed E-state index contributed by atoms with van der Waals surface area (Å²) in [6.45, 7) is 4.10. The third kappa shape index (κ3) is 4.55. The first-order valence-electron chi connectivity index (χ1n) is 5.66. The van der Waals surface area contributed by atoms with Crippen LogP contribution < -0.4 is 0 Å². The fourth-order valence-electron chi connectivity index (χ4n) is 1.95. The molecule has 0 N–H and O–H groups in total. The van der Waals surface area contributed by atoms with Crippen LogP contribution in [-0.2, 0) is 0 Å². The summed E-state index contributed by atoms with van der Waals surface area (Å²) < 4.78 is 0. The number of likely N-dealkylation sites (tertiary alicyclic amines) is 1. The number of hydrogen-bond acceptors (Lipinski definition) is 1. The van der Waals surface area contributed by atoms with Crippen LogP contribution in [0.2, 0.25) is 5.09 Å². The molecule has 12 heavy (non-hydrogen) atoms. The van der Waals surface area contributed by atoms with E-state index in [1.54, 1.807) is 0 Å². The Labute approximate surface area is 86.1 Å². The van der Waals surface area contributed by atoms with E-state index >= 15 is 0 Å². The van der Waals surface area contributed by atoms with Gasteiger partial charge in [0, 0.05) is 0 Å². The minimum absolute atomic E-state index is 1.36. The van der Waals surface area contributed by atoms with Crippen molar-refractivity contribution in [2.75, 3.05) is 19.6 Å². The van der Waals surface area contributed by atoms with Crippen molar-refractivity contribution in [2.45, 2.75) is 43.6 Å². The van der Waals surface area contributed by atoms with Crippen molar-refractivity contribution < 1.29 is 0 Å². The Hall–Kier alpha value is 0.557. The second-order valence-electron chi connectivity index (χ2n) is 3.96. The molecule has 0 aromatic heterocycles. The van der Waals surface area contributed by atoms with E-state index in [1.165, 1.54) is 63.3 Å². The molecule has 1 nitrogen and oxygen atoms in total. The van der Waals surface area contributed by atoms with Gasteiger partial charge in [0.15, 0.2) is 0 Å². The van der Waals surface area contributed by atoms with Crippen LogP contribution >= 0.6 is 0 Å². The Kier molecular flexibility index (Phi) is 6.21. The molecular weight excluding hydrogens is 141 g/mol. The third-order valence-corrected chi connectivity index (χ3v) is 2.78. The van der Waals surface area contributed by atoms with Gasteiger partial charge in [0.2, 0.25) is 0 Å². The van der Waals surface area contributed by atoms with Gasteiger partial charge in [0.1, 0.15) is 0 Å². The van der Waals surface area contributed by atoms with E-state index in [1.807, 2.05) is 0 Å². The Bertz CT molecular complexity index is 100. The molecule has 1 aliphatic heterocycles. The SMILES string of the molecule is [Li][CH2]CCCCCN1CCCC1. The van der Waals surface area contributed by atoms with Gasteiger partial charge in [0.25, 0.3) is 0 Å². The molecule has 1 heterocycles. The van der Waals surface area contributed by atoms with E-state index in [4.69, 9.17) is 0 Å². The first kappa shape index (κ1) is 10.6. The Balaban J connectivity index is 1.81. The number of nitrogens with zero attached hydrogens (tertiary/aromatic N) is 1. The van der Waals surface area contributed by atoms with Crippen LogP contribution in [0.15, 0.2) is 0 Å². The van der Waals surface area contributed by atoms with Gasteiger partial charge < -0.3 is 0 Å². The van der Waals surface area contributed by atoms with Crippen LogP contribution in [0.4, 0.5) is 0 Å². The zero-order chi connectivity index (χ0) is 8.65. The molecule has 1 saturated heterocycles. The summed E-state index contributed by atoms with van der Waals surface area (Å²) in [7, 11) is 0. The summed E-state index contributed by atoms with van der Waals surface area (Å²) in [6.07, 6.45) is 8.64. The van der Waals surface area contributed by atoms with Crippen LogP contribution in [-0.4, -0.2) is 42.2 Å². The minimum atomic E-state index is 1.36. The van der Waals surface area contributed by atoms with Crippen LogP contribution in [0.1, 0.15) is 38.5 Å². The first-order valence-corrected chi connectivity index (χ1v) is 5.66. The predicted molar refractivity (Wildman–Crippen MR) is 54.7 cm³/mol. The fraction of sp³-hybridized carbons (Fsp3) is 1.00. The monoisotopic (exact) mass is 161 g/mol. The summed E-state index contributed by atoms with van der Waals surface area (Å²) in [5.74, 6) is 0. The van der Waals surface area contributed by atoms with Crippen LogP contribution in [0.25, 0.3) is 0 Å². The van der Waals surface area contributed by atoms with Crippen molar-refractivity contribution in [2.24, 2.45) is 0 Å². The average molecular weight is 161 g/mol. The van der Waals surface area contributed by atoms with E-state index < -0.39 is 0 Å². The first-order chi connectivity index (χ1) is 5.93. The molecule has 0 atom stereocenters. The second kappa shape index (κ2) is 7.01. The molecule has 0 aromatic rings. The van der Waals surface area contributed by atoms with Crippen molar-refractivity contribution in [3.05, 3.63) is 0 Å². The molecule has 0 spiro atoms. The predicted octanol–water partition coefficient (Wildman–Crippen LogP) is 2.23. The molecule has 1 rings (SSSR count). The molecule has 1 fully saturated rings. The van der Waals surface area contributed by atoms with Gasteiger partial charge >= 0.3 is 85.9 Å². The van der Waals surface area contributed by atoms with Crippen molar-refractivity contribution >= 4 is 17.7 Å². The number of rotatable bonds is 6. The quantitative estimate of drug-likeness (QED) is 0.426. The van der Waals surface area contributed by atoms with Gasteiger partial charge in [-0.2, -0.15) is 0 Å². The summed E-state index contributed by atoms with van der Waals surface area (Å²) in [4.78, 5) is 2.62. The van der Waals surface area contributed by atoms with Crippen LogP contribution in [0.3, 0.4) is 0 Å². The zero-order valence-corrected chi connectivity index (χ0v) is 8.52. The molecule has 1 aliphatic rings. The Morgan fingerprint density at radius 1 is 0.917 bits per heavy atom. The van der Waals surface area contributed by atoms with E-state index in [-0.39, 0.29) is 0 Å². The molecule has 66 valence electrons. The van der Waals surface area contributed by atoms with E-state index in [0.29, 0.717) is 0 Å². The third-order valence-electron chi connectivity index (χ3n) is 2.78. The fourth-order valence-corrected chi connectivity index (χ4v) is 1.95. The molecule has 0 aromatic carbocycles. The van der Waals surface area contributed by atoms with Crippen LogP contribution in [0, 0.1) is 0 Å². The number of hydrogen-bond donors (Lipinski definition) is 0. The van der Waals surface area contributed by atoms with Gasteiger partial charge in [-0.25, -0.2) is 0 Å². The number of unbranched alkanes of at least 4 members (excludes halogenated alkanes) is 3. The standard InChI is InChI=1S/C10H20N.Li/c1-2-3-4-5-8-11-9-6-7-10-11;/h1-10H2;. The maximum atomic E-state index is 2.62. The summed E-state index contributed by atoms with van der Waals surface area (Å²) in [5.41, 5.74) is 0. The van der Waals surface area contributed by atoms with Gasteiger partial charge in [-0.1, -0.05) is 0 Å². The topological polar surface area (TPSA) is 3.24 Å². The van der Waals surface area contributed by atoms with Gasteiger partial charge in [0.05, 0.1) is 0 Å². The van der Waals surface area contributed by atoms with E-state index in [9.17, 15) is 0 Å². The molecule has 0 bridgehead atoms. The molecule has 2 heteroatoms. The average Bonchev–Trinajstić information content (AvgIpc) is 2.57. The molecular formula is C10H20LiN.